The van der Waals surface area contributed by atoms with E-state index in [1.807, 2.05) is 0 Å². The van der Waals surface area contributed by atoms with Crippen LogP contribution >= 0.6 is 0 Å². The summed E-state index contributed by atoms with van der Waals surface area (Å²) in [4.78, 5) is 20.5. The number of carbonyl (C=O) groups is 2. The normalized spacial score (nSPS) is 10.9. The number of hydrogen-bond acceptors (Lipinski definition) is 2. The van der Waals surface area contributed by atoms with E-state index in [2.05, 4.69) is 0 Å². The molecular formula is C6H10O2. The molecule has 0 amide bonds. The van der Waals surface area contributed by atoms with Crippen molar-refractivity contribution in [3.63, 3.8) is 0 Å². The first-order valence-electron chi connectivity index (χ1n) is 2.48. The van der Waals surface area contributed by atoms with Crippen LogP contribution in [0.5, 0.6) is 0 Å². The summed E-state index contributed by atoms with van der Waals surface area (Å²) in [5.74, 6) is -0.0903. The maximum absolute atomic E-state index is 10.5. The Hall–Kier alpha value is -0.660. The highest BCUT2D eigenvalue weighted by Gasteiger charge is 2.21. The van der Waals surface area contributed by atoms with Crippen molar-refractivity contribution in [3.8, 4) is 0 Å². The summed E-state index contributed by atoms with van der Waals surface area (Å²) >= 11 is 0. The van der Waals surface area contributed by atoms with Crippen LogP contribution in [-0.4, -0.2) is 12.1 Å². The lowest BCUT2D eigenvalue weighted by atomic mass is 9.91. The molecule has 0 spiro atoms. The molecule has 0 saturated carbocycles. The molecule has 0 aliphatic heterocycles. The third kappa shape index (κ3) is 1.45. The second kappa shape index (κ2) is 2.07. The highest BCUT2D eigenvalue weighted by atomic mass is 16.1. The molecule has 0 heterocycles. The number of Topliss-reactive ketones (excluding diaryl/α,β-unsaturated/α-hetero) is 1. The van der Waals surface area contributed by atoms with Crippen LogP contribution in [0.4, 0.5) is 0 Å². The van der Waals surface area contributed by atoms with Crippen molar-refractivity contribution < 1.29 is 9.59 Å². The lowest BCUT2D eigenvalue weighted by Crippen LogP contribution is -2.22. The summed E-state index contributed by atoms with van der Waals surface area (Å²) < 4.78 is 0. The van der Waals surface area contributed by atoms with E-state index in [0.29, 0.717) is 6.29 Å². The largest absolute Gasteiger partial charge is 0.302 e. The van der Waals surface area contributed by atoms with Crippen molar-refractivity contribution in [2.45, 2.75) is 20.8 Å². The molecule has 2 nitrogen and oxygen atoms in total. The van der Waals surface area contributed by atoms with Gasteiger partial charge in [0.1, 0.15) is 12.1 Å². The van der Waals surface area contributed by atoms with Gasteiger partial charge in [0.2, 0.25) is 0 Å². The van der Waals surface area contributed by atoms with E-state index in [0.717, 1.165) is 0 Å². The van der Waals surface area contributed by atoms with E-state index in [4.69, 9.17) is 0 Å². The minimum Gasteiger partial charge on any atom is -0.302 e. The topological polar surface area (TPSA) is 34.1 Å². The van der Waals surface area contributed by atoms with Crippen LogP contribution in [0.2, 0.25) is 0 Å². The van der Waals surface area contributed by atoms with Gasteiger partial charge >= 0.3 is 0 Å². The zero-order chi connectivity index (χ0) is 6.78. The van der Waals surface area contributed by atoms with Crippen LogP contribution in [0.1, 0.15) is 20.8 Å². The fourth-order valence-electron chi connectivity index (χ4n) is 0.0830. The summed E-state index contributed by atoms with van der Waals surface area (Å²) in [6.07, 6.45) is 0.662. The Morgan fingerprint density at radius 3 is 1.88 bits per heavy atom. The fraction of sp³-hybridized carbons (Fsp3) is 0.667. The Morgan fingerprint density at radius 2 is 1.88 bits per heavy atom. The van der Waals surface area contributed by atoms with Gasteiger partial charge < -0.3 is 4.79 Å². The molecule has 0 fully saturated rings. The van der Waals surface area contributed by atoms with Gasteiger partial charge in [-0.3, -0.25) is 4.79 Å². The SMILES string of the molecule is CC(=O)C(C)(C)C=O. The molecule has 0 rings (SSSR count). The molecule has 0 unspecified atom stereocenters. The van der Waals surface area contributed by atoms with Crippen LogP contribution in [0.15, 0.2) is 0 Å². The van der Waals surface area contributed by atoms with Crippen LogP contribution in [0.25, 0.3) is 0 Å². The predicted octanol–water partition coefficient (Wildman–Crippen LogP) is 0.800. The molecule has 0 aromatic heterocycles. The minimum absolute atomic E-state index is 0.0903. The first kappa shape index (κ1) is 7.34. The molecule has 0 aliphatic carbocycles. The predicted molar refractivity (Wildman–Crippen MR) is 30.5 cm³/mol. The fourth-order valence-corrected chi connectivity index (χ4v) is 0.0830. The molecule has 0 saturated heterocycles. The van der Waals surface area contributed by atoms with Gasteiger partial charge in [-0.1, -0.05) is 0 Å². The first-order chi connectivity index (χ1) is 3.50. The molecule has 46 valence electrons. The van der Waals surface area contributed by atoms with Crippen LogP contribution in [0, 0.1) is 5.41 Å². The molecule has 8 heavy (non-hydrogen) atoms. The molecule has 0 aliphatic rings. The summed E-state index contributed by atoms with van der Waals surface area (Å²) in [6, 6.07) is 0. The summed E-state index contributed by atoms with van der Waals surface area (Å²) in [6.45, 7) is 4.61. The Balaban J connectivity index is 4.12. The number of rotatable bonds is 2. The minimum atomic E-state index is -0.778. The van der Waals surface area contributed by atoms with Gasteiger partial charge in [-0.05, 0) is 20.8 Å². The molecule has 0 aromatic carbocycles. The second-order valence-electron chi connectivity index (χ2n) is 2.40. The average molecular weight is 114 g/mol. The van der Waals surface area contributed by atoms with Crippen molar-refractivity contribution in [1.82, 2.24) is 0 Å². The van der Waals surface area contributed by atoms with E-state index >= 15 is 0 Å². The molecule has 2 heteroatoms. The van der Waals surface area contributed by atoms with Gasteiger partial charge in [-0.15, -0.1) is 0 Å². The van der Waals surface area contributed by atoms with Crippen molar-refractivity contribution in [1.29, 1.82) is 0 Å². The third-order valence-electron chi connectivity index (χ3n) is 1.20. The Labute approximate surface area is 48.9 Å². The monoisotopic (exact) mass is 114 g/mol. The zero-order valence-electron chi connectivity index (χ0n) is 5.39. The summed E-state index contributed by atoms with van der Waals surface area (Å²) in [5.41, 5.74) is -0.778. The first-order valence-corrected chi connectivity index (χ1v) is 2.48. The lowest BCUT2D eigenvalue weighted by Gasteiger charge is -2.09. The summed E-state index contributed by atoms with van der Waals surface area (Å²) in [7, 11) is 0. The van der Waals surface area contributed by atoms with Gasteiger partial charge in [-0.2, -0.15) is 0 Å². The summed E-state index contributed by atoms with van der Waals surface area (Å²) in [5, 5.41) is 0. The van der Waals surface area contributed by atoms with E-state index in [-0.39, 0.29) is 5.78 Å². The molecule has 0 aromatic rings. The quantitative estimate of drug-likeness (QED) is 0.393. The van der Waals surface area contributed by atoms with Gasteiger partial charge in [0, 0.05) is 0 Å². The molecule has 0 radical (unpaired) electrons. The van der Waals surface area contributed by atoms with Gasteiger partial charge in [0.15, 0.2) is 0 Å². The highest BCUT2D eigenvalue weighted by molar-refractivity contribution is 5.95. The molecule has 0 bridgehead atoms. The van der Waals surface area contributed by atoms with Crippen LogP contribution < -0.4 is 0 Å². The third-order valence-corrected chi connectivity index (χ3v) is 1.20. The Kier molecular flexibility index (Phi) is 1.90. The number of aldehydes is 1. The number of carbonyl (C=O) groups excluding carboxylic acids is 2. The van der Waals surface area contributed by atoms with E-state index < -0.39 is 5.41 Å². The zero-order valence-corrected chi connectivity index (χ0v) is 5.39. The van der Waals surface area contributed by atoms with Crippen molar-refractivity contribution in [3.05, 3.63) is 0 Å². The maximum Gasteiger partial charge on any atom is 0.142 e. The standard InChI is InChI=1S/C6H10O2/c1-5(8)6(2,3)4-7/h4H,1-3H3. The van der Waals surface area contributed by atoms with E-state index in [9.17, 15) is 9.59 Å². The van der Waals surface area contributed by atoms with Gasteiger partial charge in [0.25, 0.3) is 0 Å². The van der Waals surface area contributed by atoms with Crippen molar-refractivity contribution >= 4 is 12.1 Å². The van der Waals surface area contributed by atoms with E-state index in [1.54, 1.807) is 13.8 Å². The number of ketones is 1. The molecule has 0 N–H and O–H groups in total. The maximum atomic E-state index is 10.5. The van der Waals surface area contributed by atoms with Crippen LogP contribution in [0.3, 0.4) is 0 Å². The lowest BCUT2D eigenvalue weighted by molar-refractivity contribution is -0.130. The van der Waals surface area contributed by atoms with Crippen molar-refractivity contribution in [2.24, 2.45) is 5.41 Å². The van der Waals surface area contributed by atoms with E-state index in [1.165, 1.54) is 6.92 Å². The molecular weight excluding hydrogens is 104 g/mol. The Bertz CT molecular complexity index is 114. The second-order valence-corrected chi connectivity index (χ2v) is 2.40. The van der Waals surface area contributed by atoms with Crippen LogP contribution in [-0.2, 0) is 9.59 Å². The van der Waals surface area contributed by atoms with Crippen molar-refractivity contribution in [2.75, 3.05) is 0 Å². The number of hydrogen-bond donors (Lipinski definition) is 0. The smallest absolute Gasteiger partial charge is 0.142 e. The average Bonchev–Trinajstić information content (AvgIpc) is 1.67. The Morgan fingerprint density at radius 1 is 1.50 bits per heavy atom. The van der Waals surface area contributed by atoms with Gasteiger partial charge in [-0.25, -0.2) is 0 Å². The molecule has 0 atom stereocenters. The van der Waals surface area contributed by atoms with Gasteiger partial charge in [0.05, 0.1) is 5.41 Å². The highest BCUT2D eigenvalue weighted by Crippen LogP contribution is 2.10.